The van der Waals surface area contributed by atoms with Crippen molar-refractivity contribution < 1.29 is 18.3 Å². The van der Waals surface area contributed by atoms with Gasteiger partial charge in [-0.3, -0.25) is 4.79 Å². The largest absolute Gasteiger partial charge is 0.480 e. The Balaban J connectivity index is 2.63. The molecule has 1 aromatic heterocycles. The average molecular weight is 250 g/mol. The molecule has 4 N–H and O–H groups in total. The summed E-state index contributed by atoms with van der Waals surface area (Å²) in [4.78, 5) is 10.3. The number of rotatable bonds is 5. The first kappa shape index (κ1) is 12.1. The molecular weight excluding hydrogens is 240 g/mol. The molecule has 1 unspecified atom stereocenters. The molecule has 1 rings (SSSR count). The molecule has 1 aromatic rings. The highest BCUT2D eigenvalue weighted by Crippen LogP contribution is 2.14. The molecule has 1 heterocycles. The van der Waals surface area contributed by atoms with Gasteiger partial charge < -0.3 is 10.8 Å². The average Bonchev–Trinajstić information content (AvgIpc) is 2.67. The molecule has 0 aliphatic carbocycles. The van der Waals surface area contributed by atoms with Crippen LogP contribution >= 0.6 is 11.3 Å². The molecule has 84 valence electrons. The van der Waals surface area contributed by atoms with Crippen LogP contribution in [0.15, 0.2) is 21.7 Å². The van der Waals surface area contributed by atoms with Crippen LogP contribution in [0.4, 0.5) is 0 Å². The van der Waals surface area contributed by atoms with Crippen molar-refractivity contribution in [1.29, 1.82) is 0 Å². The maximum absolute atomic E-state index is 11.5. The topological polar surface area (TPSA) is 109 Å². The normalized spacial score (nSPS) is 13.7. The Morgan fingerprint density at radius 1 is 1.67 bits per heavy atom. The summed E-state index contributed by atoms with van der Waals surface area (Å²) in [6, 6.07) is 1.79. The van der Waals surface area contributed by atoms with Crippen molar-refractivity contribution in [3.8, 4) is 0 Å². The van der Waals surface area contributed by atoms with Crippen molar-refractivity contribution in [2.45, 2.75) is 10.3 Å². The van der Waals surface area contributed by atoms with E-state index in [9.17, 15) is 13.2 Å². The third-order valence-electron chi connectivity index (χ3n) is 1.57. The highest BCUT2D eigenvalue weighted by atomic mass is 32.2. The molecular formula is C7H10N2O4S2. The van der Waals surface area contributed by atoms with Crippen molar-refractivity contribution in [1.82, 2.24) is 4.72 Å². The molecule has 15 heavy (non-hydrogen) atoms. The summed E-state index contributed by atoms with van der Waals surface area (Å²) in [7, 11) is -3.62. The molecule has 0 spiro atoms. The maximum atomic E-state index is 11.5. The first-order valence-corrected chi connectivity index (χ1v) is 6.31. The van der Waals surface area contributed by atoms with Gasteiger partial charge in [0.2, 0.25) is 10.0 Å². The molecule has 0 bridgehead atoms. The van der Waals surface area contributed by atoms with Gasteiger partial charge in [0.05, 0.1) is 0 Å². The zero-order chi connectivity index (χ0) is 11.5. The number of thiophene rings is 1. The Hall–Kier alpha value is -0.960. The molecule has 0 saturated heterocycles. The first-order valence-electron chi connectivity index (χ1n) is 3.95. The molecule has 0 saturated carbocycles. The Morgan fingerprint density at radius 3 is 2.80 bits per heavy atom. The van der Waals surface area contributed by atoms with Gasteiger partial charge in [0.25, 0.3) is 0 Å². The summed E-state index contributed by atoms with van der Waals surface area (Å²) in [5.74, 6) is -1.25. The van der Waals surface area contributed by atoms with Gasteiger partial charge in [-0.1, -0.05) is 6.07 Å². The number of carboxylic acids is 1. The second kappa shape index (κ2) is 4.71. The van der Waals surface area contributed by atoms with E-state index in [2.05, 4.69) is 4.72 Å². The summed E-state index contributed by atoms with van der Waals surface area (Å²) in [5, 5.41) is 10.1. The predicted octanol–water partition coefficient (Wildman–Crippen LogP) is -0.562. The van der Waals surface area contributed by atoms with E-state index in [1.807, 2.05) is 0 Å². The molecule has 8 heteroatoms. The smallest absolute Gasteiger partial charge is 0.321 e. The second-order valence-electron chi connectivity index (χ2n) is 2.73. The zero-order valence-corrected chi connectivity index (χ0v) is 9.22. The van der Waals surface area contributed by atoms with E-state index in [4.69, 9.17) is 10.8 Å². The molecule has 0 aliphatic heterocycles. The van der Waals surface area contributed by atoms with Crippen molar-refractivity contribution in [2.75, 3.05) is 6.54 Å². The van der Waals surface area contributed by atoms with Gasteiger partial charge in [0.1, 0.15) is 10.3 Å². The molecule has 6 nitrogen and oxygen atoms in total. The quantitative estimate of drug-likeness (QED) is 0.649. The zero-order valence-electron chi connectivity index (χ0n) is 7.58. The fraction of sp³-hybridized carbons (Fsp3) is 0.286. The highest BCUT2D eigenvalue weighted by Gasteiger charge is 2.18. The third kappa shape index (κ3) is 3.27. The number of nitrogens with one attached hydrogen (secondary N) is 1. The lowest BCUT2D eigenvalue weighted by Gasteiger charge is -2.07. The Bertz CT molecular complexity index is 426. The van der Waals surface area contributed by atoms with Crippen LogP contribution in [0.2, 0.25) is 0 Å². The van der Waals surface area contributed by atoms with Crippen molar-refractivity contribution >= 4 is 27.3 Å². The number of nitrogens with two attached hydrogens (primary N) is 1. The van der Waals surface area contributed by atoms with Gasteiger partial charge in [-0.05, 0) is 11.4 Å². The van der Waals surface area contributed by atoms with E-state index < -0.39 is 22.0 Å². The highest BCUT2D eigenvalue weighted by molar-refractivity contribution is 7.91. The lowest BCUT2D eigenvalue weighted by molar-refractivity contribution is -0.138. The van der Waals surface area contributed by atoms with Crippen LogP contribution in [0.1, 0.15) is 0 Å². The van der Waals surface area contributed by atoms with Gasteiger partial charge in [-0.25, -0.2) is 13.1 Å². The van der Waals surface area contributed by atoms with Crippen molar-refractivity contribution in [3.63, 3.8) is 0 Å². The monoisotopic (exact) mass is 250 g/mol. The lowest BCUT2D eigenvalue weighted by atomic mass is 10.3. The van der Waals surface area contributed by atoms with E-state index in [1.165, 1.54) is 6.07 Å². The Labute approximate surface area is 90.8 Å². The first-order chi connectivity index (χ1) is 6.93. The minimum Gasteiger partial charge on any atom is -0.480 e. The van der Waals surface area contributed by atoms with E-state index in [-0.39, 0.29) is 10.8 Å². The van der Waals surface area contributed by atoms with E-state index in [0.29, 0.717) is 0 Å². The van der Waals surface area contributed by atoms with E-state index in [1.54, 1.807) is 11.4 Å². The van der Waals surface area contributed by atoms with Crippen LogP contribution in [-0.4, -0.2) is 32.1 Å². The Kier molecular flexibility index (Phi) is 3.80. The molecule has 0 amide bonds. The van der Waals surface area contributed by atoms with Crippen LogP contribution in [0.3, 0.4) is 0 Å². The van der Waals surface area contributed by atoms with Gasteiger partial charge >= 0.3 is 5.97 Å². The van der Waals surface area contributed by atoms with Crippen molar-refractivity contribution in [2.24, 2.45) is 5.73 Å². The number of hydrogen-bond donors (Lipinski definition) is 3. The minimum atomic E-state index is -3.62. The molecule has 0 aliphatic rings. The van der Waals surface area contributed by atoms with Crippen LogP contribution in [0, 0.1) is 0 Å². The van der Waals surface area contributed by atoms with E-state index in [0.717, 1.165) is 11.3 Å². The summed E-state index contributed by atoms with van der Waals surface area (Å²) in [5.41, 5.74) is 5.15. The number of aliphatic carboxylic acids is 1. The number of hydrogen-bond acceptors (Lipinski definition) is 5. The van der Waals surface area contributed by atoms with Crippen LogP contribution < -0.4 is 10.5 Å². The summed E-state index contributed by atoms with van der Waals surface area (Å²) in [6.07, 6.45) is 0. The lowest BCUT2D eigenvalue weighted by Crippen LogP contribution is -2.42. The number of carboxylic acid groups (broad SMARTS) is 1. The number of carbonyl (C=O) groups is 1. The van der Waals surface area contributed by atoms with Gasteiger partial charge in [-0.15, -0.1) is 11.3 Å². The summed E-state index contributed by atoms with van der Waals surface area (Å²) >= 11 is 1.05. The Morgan fingerprint density at radius 2 is 2.33 bits per heavy atom. The van der Waals surface area contributed by atoms with Gasteiger partial charge in [0.15, 0.2) is 0 Å². The molecule has 0 fully saturated rings. The fourth-order valence-electron chi connectivity index (χ4n) is 0.774. The van der Waals surface area contributed by atoms with Gasteiger partial charge in [0, 0.05) is 6.54 Å². The van der Waals surface area contributed by atoms with Gasteiger partial charge in [-0.2, -0.15) is 0 Å². The van der Waals surface area contributed by atoms with Crippen molar-refractivity contribution in [3.05, 3.63) is 17.5 Å². The third-order valence-corrected chi connectivity index (χ3v) is 4.39. The standard InChI is InChI=1S/C7H10N2O4S2/c8-5(7(10)11)4-9-15(12,13)6-2-1-3-14-6/h1-3,5,9H,4,8H2,(H,10,11). The maximum Gasteiger partial charge on any atom is 0.321 e. The number of sulfonamides is 1. The summed E-state index contributed by atoms with van der Waals surface area (Å²) in [6.45, 7) is -0.324. The van der Waals surface area contributed by atoms with Crippen LogP contribution in [-0.2, 0) is 14.8 Å². The molecule has 0 aromatic carbocycles. The molecule has 1 atom stereocenters. The van der Waals surface area contributed by atoms with Crippen LogP contribution in [0.5, 0.6) is 0 Å². The fourth-order valence-corrected chi connectivity index (χ4v) is 2.87. The second-order valence-corrected chi connectivity index (χ2v) is 5.67. The van der Waals surface area contributed by atoms with E-state index >= 15 is 0 Å². The SMILES string of the molecule is NC(CNS(=O)(=O)c1cccs1)C(=O)O. The van der Waals surface area contributed by atoms with Crippen LogP contribution in [0.25, 0.3) is 0 Å². The summed E-state index contributed by atoms with van der Waals surface area (Å²) < 4.78 is 25.2. The minimum absolute atomic E-state index is 0.139. The molecule has 0 radical (unpaired) electrons. The predicted molar refractivity (Wildman–Crippen MR) is 55.1 cm³/mol.